The maximum Gasteiger partial charge on any atom is 0.408 e. The van der Waals surface area contributed by atoms with E-state index in [4.69, 9.17) is 32.4 Å². The average Bonchev–Trinajstić information content (AvgIpc) is 3.00. The first-order chi connectivity index (χ1) is 12.5. The molecule has 1 unspecified atom stereocenters. The highest BCUT2D eigenvalue weighted by Gasteiger charge is 2.27. The summed E-state index contributed by atoms with van der Waals surface area (Å²) in [4.78, 5) is 12.1. The molecular formula is C18H23Cl2N3O3S. The Kier molecular flexibility index (Phi) is 7.42. The van der Waals surface area contributed by atoms with Crippen molar-refractivity contribution in [2.75, 3.05) is 0 Å². The predicted molar refractivity (Wildman–Crippen MR) is 107 cm³/mol. The fraction of sp³-hybridized carbons (Fsp3) is 0.500. The summed E-state index contributed by atoms with van der Waals surface area (Å²) < 4.78 is 11.0. The zero-order valence-electron chi connectivity index (χ0n) is 15.9. The lowest BCUT2D eigenvalue weighted by Crippen LogP contribution is -2.37. The number of nitrogens with one attached hydrogen (secondary N) is 1. The van der Waals surface area contributed by atoms with Gasteiger partial charge < -0.3 is 14.5 Å². The number of carbonyl (C=O) groups excluding carboxylic acids is 1. The average molecular weight is 432 g/mol. The fourth-order valence-corrected chi connectivity index (χ4v) is 3.16. The molecule has 148 valence electrons. The van der Waals surface area contributed by atoms with Gasteiger partial charge in [0.1, 0.15) is 11.6 Å². The SMILES string of the molecule is CC(C)C(NC(=O)OC(C)(C)C)c1nnc(SCc2ccc(Cl)c(Cl)c2)o1. The second kappa shape index (κ2) is 9.17. The zero-order valence-corrected chi connectivity index (χ0v) is 18.2. The first-order valence-corrected chi connectivity index (χ1v) is 10.2. The molecule has 27 heavy (non-hydrogen) atoms. The van der Waals surface area contributed by atoms with Gasteiger partial charge in [-0.15, -0.1) is 10.2 Å². The van der Waals surface area contributed by atoms with Crippen LogP contribution >= 0.6 is 35.0 Å². The first-order valence-electron chi connectivity index (χ1n) is 8.45. The third-order valence-electron chi connectivity index (χ3n) is 3.37. The molecule has 1 aromatic heterocycles. The van der Waals surface area contributed by atoms with Gasteiger partial charge in [-0.2, -0.15) is 0 Å². The van der Waals surface area contributed by atoms with Gasteiger partial charge >= 0.3 is 6.09 Å². The van der Waals surface area contributed by atoms with Crippen molar-refractivity contribution in [2.45, 2.75) is 57.2 Å². The molecule has 0 bridgehead atoms. The molecule has 6 nitrogen and oxygen atoms in total. The number of hydrogen-bond donors (Lipinski definition) is 1. The van der Waals surface area contributed by atoms with Crippen molar-refractivity contribution in [1.29, 1.82) is 0 Å². The third-order valence-corrected chi connectivity index (χ3v) is 5.00. The number of nitrogens with zero attached hydrogens (tertiary/aromatic N) is 2. The molecule has 1 aromatic carbocycles. The van der Waals surface area contributed by atoms with Crippen LogP contribution in [0.2, 0.25) is 10.0 Å². The van der Waals surface area contributed by atoms with Crippen molar-refractivity contribution < 1.29 is 13.9 Å². The summed E-state index contributed by atoms with van der Waals surface area (Å²) in [7, 11) is 0. The van der Waals surface area contributed by atoms with E-state index in [9.17, 15) is 4.79 Å². The maximum atomic E-state index is 12.1. The molecule has 0 aliphatic rings. The van der Waals surface area contributed by atoms with E-state index in [0.29, 0.717) is 26.9 Å². The molecule has 0 saturated heterocycles. The van der Waals surface area contributed by atoms with Gasteiger partial charge in [0.15, 0.2) is 0 Å². The number of carbonyl (C=O) groups is 1. The van der Waals surface area contributed by atoms with Crippen molar-refractivity contribution in [3.63, 3.8) is 0 Å². The third kappa shape index (κ3) is 6.90. The monoisotopic (exact) mass is 431 g/mol. The van der Waals surface area contributed by atoms with E-state index in [1.807, 2.05) is 19.9 Å². The Morgan fingerprint density at radius 2 is 1.96 bits per heavy atom. The topological polar surface area (TPSA) is 77.2 Å². The van der Waals surface area contributed by atoms with Gasteiger partial charge in [-0.25, -0.2) is 4.79 Å². The molecule has 2 aromatic rings. The number of benzene rings is 1. The molecule has 0 aliphatic heterocycles. The molecule has 1 atom stereocenters. The minimum Gasteiger partial charge on any atom is -0.444 e. The molecule has 1 N–H and O–H groups in total. The molecule has 0 radical (unpaired) electrons. The molecular weight excluding hydrogens is 409 g/mol. The second-order valence-corrected chi connectivity index (χ2v) is 9.05. The predicted octanol–water partition coefficient (Wildman–Crippen LogP) is 5.89. The summed E-state index contributed by atoms with van der Waals surface area (Å²) in [5.41, 5.74) is 0.405. The van der Waals surface area contributed by atoms with E-state index in [1.165, 1.54) is 11.8 Å². The van der Waals surface area contributed by atoms with Gasteiger partial charge in [-0.3, -0.25) is 0 Å². The number of thioether (sulfide) groups is 1. The van der Waals surface area contributed by atoms with Crippen molar-refractivity contribution in [3.05, 3.63) is 39.7 Å². The number of ether oxygens (including phenoxy) is 1. The normalized spacial score (nSPS) is 12.9. The molecule has 1 heterocycles. The number of rotatable bonds is 6. The van der Waals surface area contributed by atoms with E-state index >= 15 is 0 Å². The van der Waals surface area contributed by atoms with E-state index in [1.54, 1.807) is 32.9 Å². The number of hydrogen-bond acceptors (Lipinski definition) is 6. The van der Waals surface area contributed by atoms with Gasteiger partial charge in [-0.05, 0) is 44.4 Å². The Balaban J connectivity index is 2.02. The molecule has 0 spiro atoms. The highest BCUT2D eigenvalue weighted by molar-refractivity contribution is 7.98. The molecule has 0 fully saturated rings. The van der Waals surface area contributed by atoms with Crippen LogP contribution in [0.3, 0.4) is 0 Å². The summed E-state index contributed by atoms with van der Waals surface area (Å²) in [5.74, 6) is 0.989. The molecule has 2 rings (SSSR count). The van der Waals surface area contributed by atoms with Crippen LogP contribution in [0.25, 0.3) is 0 Å². The Hall–Kier alpha value is -1.44. The minimum atomic E-state index is -0.582. The van der Waals surface area contributed by atoms with Crippen molar-refractivity contribution in [3.8, 4) is 0 Å². The number of alkyl carbamates (subject to hydrolysis) is 1. The van der Waals surface area contributed by atoms with E-state index in [-0.39, 0.29) is 5.92 Å². The van der Waals surface area contributed by atoms with Gasteiger partial charge in [-0.1, -0.05) is 54.9 Å². The fourth-order valence-electron chi connectivity index (χ4n) is 2.13. The van der Waals surface area contributed by atoms with E-state index in [2.05, 4.69) is 15.5 Å². The van der Waals surface area contributed by atoms with Crippen molar-refractivity contribution in [2.24, 2.45) is 5.92 Å². The quantitative estimate of drug-likeness (QED) is 0.574. The summed E-state index contributed by atoms with van der Waals surface area (Å²) in [6.45, 7) is 9.33. The van der Waals surface area contributed by atoms with Crippen LogP contribution in [0, 0.1) is 5.92 Å². The Bertz CT molecular complexity index is 790. The van der Waals surface area contributed by atoms with Crippen LogP contribution in [0.4, 0.5) is 4.79 Å². The summed E-state index contributed by atoms with van der Waals surface area (Å²) in [6, 6.07) is 5.00. The lowest BCUT2D eigenvalue weighted by atomic mass is 10.1. The summed E-state index contributed by atoms with van der Waals surface area (Å²) >= 11 is 13.3. The maximum absolute atomic E-state index is 12.1. The number of amides is 1. The Morgan fingerprint density at radius 3 is 2.56 bits per heavy atom. The molecule has 1 amide bonds. The largest absolute Gasteiger partial charge is 0.444 e. The smallest absolute Gasteiger partial charge is 0.408 e. The molecule has 0 aliphatic carbocycles. The summed E-state index contributed by atoms with van der Waals surface area (Å²) in [5, 5.41) is 12.3. The Labute approximate surface area is 173 Å². The highest BCUT2D eigenvalue weighted by atomic mass is 35.5. The zero-order chi connectivity index (χ0) is 20.2. The van der Waals surface area contributed by atoms with Gasteiger partial charge in [0, 0.05) is 5.75 Å². The van der Waals surface area contributed by atoms with Gasteiger partial charge in [0.25, 0.3) is 5.22 Å². The Morgan fingerprint density at radius 1 is 1.26 bits per heavy atom. The lowest BCUT2D eigenvalue weighted by Gasteiger charge is -2.23. The molecule has 9 heteroatoms. The van der Waals surface area contributed by atoms with Gasteiger partial charge in [0.05, 0.1) is 10.0 Å². The van der Waals surface area contributed by atoms with Crippen LogP contribution in [0.5, 0.6) is 0 Å². The van der Waals surface area contributed by atoms with Crippen molar-refractivity contribution in [1.82, 2.24) is 15.5 Å². The van der Waals surface area contributed by atoms with Gasteiger partial charge in [0.2, 0.25) is 5.89 Å². The van der Waals surface area contributed by atoms with E-state index in [0.717, 1.165) is 5.56 Å². The molecule has 0 saturated carbocycles. The number of halogens is 2. The highest BCUT2D eigenvalue weighted by Crippen LogP contribution is 2.29. The van der Waals surface area contributed by atoms with Crippen LogP contribution in [-0.2, 0) is 10.5 Å². The van der Waals surface area contributed by atoms with Crippen LogP contribution < -0.4 is 5.32 Å². The minimum absolute atomic E-state index is 0.0471. The van der Waals surface area contributed by atoms with E-state index < -0.39 is 17.7 Å². The number of aromatic nitrogens is 2. The first kappa shape index (κ1) is 21.9. The standard InChI is InChI=1S/C18H23Cl2N3O3S/c1-10(2)14(21-16(24)26-18(3,4)5)15-22-23-17(25-15)27-9-11-6-7-12(19)13(20)8-11/h6-8,10,14H,9H2,1-5H3,(H,21,24). The van der Waals surface area contributed by atoms with Crippen LogP contribution in [-0.4, -0.2) is 21.9 Å². The lowest BCUT2D eigenvalue weighted by molar-refractivity contribution is 0.0477. The second-order valence-electron chi connectivity index (χ2n) is 7.31. The van der Waals surface area contributed by atoms with Crippen LogP contribution in [0.1, 0.15) is 52.1 Å². The van der Waals surface area contributed by atoms with Crippen molar-refractivity contribution >= 4 is 41.1 Å². The summed E-state index contributed by atoms with van der Waals surface area (Å²) in [6.07, 6.45) is -0.524. The van der Waals surface area contributed by atoms with Crippen LogP contribution in [0.15, 0.2) is 27.8 Å².